The number of rotatable bonds is 3. The van der Waals surface area contributed by atoms with E-state index in [0.29, 0.717) is 12.5 Å². The Morgan fingerprint density at radius 2 is 2.19 bits per heavy atom. The highest BCUT2D eigenvalue weighted by atomic mass is 16.5. The molecule has 84 valence electrons. The van der Waals surface area contributed by atoms with Gasteiger partial charge in [0.25, 0.3) is 0 Å². The predicted molar refractivity (Wildman–Crippen MR) is 65.8 cm³/mol. The summed E-state index contributed by atoms with van der Waals surface area (Å²) in [5.41, 5.74) is 7.85. The lowest BCUT2D eigenvalue weighted by molar-refractivity contribution is 0.418. The maximum absolute atomic E-state index is 5.71. The van der Waals surface area contributed by atoms with E-state index in [2.05, 4.69) is 24.0 Å². The third kappa shape index (κ3) is 1.74. The lowest BCUT2D eigenvalue weighted by Crippen LogP contribution is -2.09. The van der Waals surface area contributed by atoms with Gasteiger partial charge in [-0.25, -0.2) is 0 Å². The quantitative estimate of drug-likeness (QED) is 0.856. The van der Waals surface area contributed by atoms with Crippen LogP contribution in [0.5, 0.6) is 5.75 Å². The van der Waals surface area contributed by atoms with Crippen LogP contribution in [-0.4, -0.2) is 18.6 Å². The standard InChI is InChI=1S/C13H16N2O/c1-9(8-14)10-5-6-12(16-2)13-11(10)4-3-7-15-13/h3-7,9H,8,14H2,1-2H3. The van der Waals surface area contributed by atoms with Gasteiger partial charge in [-0.15, -0.1) is 0 Å². The summed E-state index contributed by atoms with van der Waals surface area (Å²) >= 11 is 0. The summed E-state index contributed by atoms with van der Waals surface area (Å²) in [5, 5.41) is 1.12. The molecule has 0 amide bonds. The van der Waals surface area contributed by atoms with Gasteiger partial charge in [-0.1, -0.05) is 19.1 Å². The number of methoxy groups -OCH3 is 1. The Hall–Kier alpha value is -1.61. The molecule has 0 saturated carbocycles. The highest BCUT2D eigenvalue weighted by molar-refractivity contribution is 5.87. The molecule has 1 aromatic carbocycles. The molecular weight excluding hydrogens is 200 g/mol. The van der Waals surface area contributed by atoms with Crippen molar-refractivity contribution in [3.05, 3.63) is 36.0 Å². The van der Waals surface area contributed by atoms with E-state index < -0.39 is 0 Å². The van der Waals surface area contributed by atoms with E-state index in [-0.39, 0.29) is 0 Å². The molecule has 1 aromatic heterocycles. The number of pyridine rings is 1. The Morgan fingerprint density at radius 3 is 2.88 bits per heavy atom. The van der Waals surface area contributed by atoms with Crippen LogP contribution in [0.3, 0.4) is 0 Å². The van der Waals surface area contributed by atoms with Crippen molar-refractivity contribution in [2.75, 3.05) is 13.7 Å². The van der Waals surface area contributed by atoms with Crippen LogP contribution in [0.4, 0.5) is 0 Å². The fourth-order valence-corrected chi connectivity index (χ4v) is 1.89. The van der Waals surface area contributed by atoms with E-state index in [1.807, 2.05) is 12.1 Å². The molecule has 0 aliphatic carbocycles. The van der Waals surface area contributed by atoms with E-state index in [1.165, 1.54) is 5.56 Å². The molecule has 0 aliphatic heterocycles. The summed E-state index contributed by atoms with van der Waals surface area (Å²) in [4.78, 5) is 4.36. The summed E-state index contributed by atoms with van der Waals surface area (Å²) < 4.78 is 5.30. The minimum atomic E-state index is 0.331. The number of hydrogen-bond acceptors (Lipinski definition) is 3. The molecule has 2 N–H and O–H groups in total. The van der Waals surface area contributed by atoms with E-state index >= 15 is 0 Å². The highest BCUT2D eigenvalue weighted by Gasteiger charge is 2.11. The van der Waals surface area contributed by atoms with Crippen LogP contribution in [0.25, 0.3) is 10.9 Å². The van der Waals surface area contributed by atoms with Crippen LogP contribution < -0.4 is 10.5 Å². The Morgan fingerprint density at radius 1 is 1.38 bits per heavy atom. The van der Waals surface area contributed by atoms with Crippen molar-refractivity contribution in [3.8, 4) is 5.75 Å². The monoisotopic (exact) mass is 216 g/mol. The van der Waals surface area contributed by atoms with Crippen LogP contribution in [0.1, 0.15) is 18.4 Å². The first kappa shape index (κ1) is 10.9. The number of nitrogens with two attached hydrogens (primary N) is 1. The zero-order chi connectivity index (χ0) is 11.5. The number of ether oxygens (including phenoxy) is 1. The van der Waals surface area contributed by atoms with Gasteiger partial charge in [0, 0.05) is 11.6 Å². The summed E-state index contributed by atoms with van der Waals surface area (Å²) in [6, 6.07) is 8.03. The molecule has 3 nitrogen and oxygen atoms in total. The lowest BCUT2D eigenvalue weighted by atomic mass is 9.96. The number of aromatic nitrogens is 1. The zero-order valence-electron chi connectivity index (χ0n) is 9.60. The van der Waals surface area contributed by atoms with E-state index in [4.69, 9.17) is 10.5 Å². The second-order valence-electron chi connectivity index (χ2n) is 3.89. The van der Waals surface area contributed by atoms with Crippen molar-refractivity contribution in [2.24, 2.45) is 5.73 Å². The third-order valence-electron chi connectivity index (χ3n) is 2.87. The molecule has 0 bridgehead atoms. The molecular formula is C13H16N2O. The van der Waals surface area contributed by atoms with E-state index in [1.54, 1.807) is 13.3 Å². The number of benzene rings is 1. The minimum Gasteiger partial charge on any atom is -0.494 e. The maximum Gasteiger partial charge on any atom is 0.145 e. The van der Waals surface area contributed by atoms with Crippen molar-refractivity contribution >= 4 is 10.9 Å². The van der Waals surface area contributed by atoms with Gasteiger partial charge in [0.1, 0.15) is 11.3 Å². The predicted octanol–water partition coefficient (Wildman–Crippen LogP) is 2.31. The van der Waals surface area contributed by atoms with Crippen LogP contribution in [-0.2, 0) is 0 Å². The highest BCUT2D eigenvalue weighted by Crippen LogP contribution is 2.30. The lowest BCUT2D eigenvalue weighted by Gasteiger charge is -2.13. The molecule has 16 heavy (non-hydrogen) atoms. The fourth-order valence-electron chi connectivity index (χ4n) is 1.89. The second-order valence-corrected chi connectivity index (χ2v) is 3.89. The summed E-state index contributed by atoms with van der Waals surface area (Å²) in [7, 11) is 1.66. The van der Waals surface area contributed by atoms with Crippen molar-refractivity contribution in [1.82, 2.24) is 4.98 Å². The second kappa shape index (κ2) is 4.49. The van der Waals surface area contributed by atoms with Gasteiger partial charge in [0.15, 0.2) is 0 Å². The molecule has 0 saturated heterocycles. The number of hydrogen-bond donors (Lipinski definition) is 1. The Labute approximate surface area is 95.2 Å². The molecule has 0 fully saturated rings. The summed E-state index contributed by atoms with van der Waals surface area (Å²) in [5.74, 6) is 1.14. The van der Waals surface area contributed by atoms with Gasteiger partial charge in [0.05, 0.1) is 7.11 Å². The molecule has 1 unspecified atom stereocenters. The largest absolute Gasteiger partial charge is 0.494 e. The normalized spacial score (nSPS) is 12.7. The number of nitrogens with zero attached hydrogens (tertiary/aromatic N) is 1. The van der Waals surface area contributed by atoms with Gasteiger partial charge in [-0.05, 0) is 30.2 Å². The first-order chi connectivity index (χ1) is 7.77. The van der Waals surface area contributed by atoms with Crippen molar-refractivity contribution in [3.63, 3.8) is 0 Å². The first-order valence-electron chi connectivity index (χ1n) is 5.39. The molecule has 0 aliphatic rings. The smallest absolute Gasteiger partial charge is 0.145 e. The molecule has 2 aromatic rings. The molecule has 2 rings (SSSR count). The Bertz CT molecular complexity index is 496. The first-order valence-corrected chi connectivity index (χ1v) is 5.39. The van der Waals surface area contributed by atoms with Crippen LogP contribution in [0, 0.1) is 0 Å². The molecule has 1 heterocycles. The van der Waals surface area contributed by atoms with E-state index in [9.17, 15) is 0 Å². The maximum atomic E-state index is 5.71. The minimum absolute atomic E-state index is 0.331. The van der Waals surface area contributed by atoms with Gasteiger partial charge in [-0.3, -0.25) is 4.98 Å². The van der Waals surface area contributed by atoms with Crippen molar-refractivity contribution < 1.29 is 4.74 Å². The van der Waals surface area contributed by atoms with Crippen molar-refractivity contribution in [2.45, 2.75) is 12.8 Å². The van der Waals surface area contributed by atoms with Crippen LogP contribution >= 0.6 is 0 Å². The zero-order valence-corrected chi connectivity index (χ0v) is 9.60. The average Bonchev–Trinajstić information content (AvgIpc) is 2.36. The summed E-state index contributed by atoms with van der Waals surface area (Å²) in [6.07, 6.45) is 1.78. The van der Waals surface area contributed by atoms with Gasteiger partial charge in [-0.2, -0.15) is 0 Å². The molecule has 1 atom stereocenters. The topological polar surface area (TPSA) is 48.1 Å². The fraction of sp³-hybridized carbons (Fsp3) is 0.308. The Balaban J connectivity index is 2.69. The SMILES string of the molecule is COc1ccc(C(C)CN)c2cccnc12. The molecule has 3 heteroatoms. The molecule has 0 radical (unpaired) electrons. The Kier molecular flexibility index (Phi) is 3.06. The average molecular weight is 216 g/mol. The van der Waals surface area contributed by atoms with Crippen molar-refractivity contribution in [1.29, 1.82) is 0 Å². The van der Waals surface area contributed by atoms with Crippen LogP contribution in [0.15, 0.2) is 30.5 Å². The number of fused-ring (bicyclic) bond motifs is 1. The third-order valence-corrected chi connectivity index (χ3v) is 2.87. The van der Waals surface area contributed by atoms with Crippen LogP contribution in [0.2, 0.25) is 0 Å². The molecule has 0 spiro atoms. The van der Waals surface area contributed by atoms with Gasteiger partial charge >= 0.3 is 0 Å². The van der Waals surface area contributed by atoms with Gasteiger partial charge < -0.3 is 10.5 Å². The van der Waals surface area contributed by atoms with E-state index in [0.717, 1.165) is 16.7 Å². The van der Waals surface area contributed by atoms with Gasteiger partial charge in [0.2, 0.25) is 0 Å². The summed E-state index contributed by atoms with van der Waals surface area (Å²) in [6.45, 7) is 2.75.